The number of likely N-dealkylation sites (tertiary alicyclic amines) is 1. The highest BCUT2D eigenvalue weighted by Gasteiger charge is 2.39. The second kappa shape index (κ2) is 5.61. The maximum absolute atomic E-state index is 6.44. The van der Waals surface area contributed by atoms with Gasteiger partial charge in [0.15, 0.2) is 0 Å². The van der Waals surface area contributed by atoms with Crippen LogP contribution in [0.15, 0.2) is 18.2 Å². The van der Waals surface area contributed by atoms with Crippen molar-refractivity contribution in [2.45, 2.75) is 50.2 Å². The van der Waals surface area contributed by atoms with Crippen LogP contribution in [0.2, 0.25) is 10.0 Å². The zero-order chi connectivity index (χ0) is 13.4. The van der Waals surface area contributed by atoms with Crippen LogP contribution < -0.4 is 5.73 Å². The number of benzene rings is 1. The van der Waals surface area contributed by atoms with Gasteiger partial charge in [0.25, 0.3) is 0 Å². The Morgan fingerprint density at radius 2 is 1.89 bits per heavy atom. The summed E-state index contributed by atoms with van der Waals surface area (Å²) in [6.45, 7) is 1.13. The number of nitrogens with zero attached hydrogens (tertiary/aromatic N) is 1. The molecular weight excluding hydrogens is 279 g/mol. The molecule has 1 heterocycles. The summed E-state index contributed by atoms with van der Waals surface area (Å²) in [7, 11) is 0. The van der Waals surface area contributed by atoms with Crippen LogP contribution in [0.4, 0.5) is 0 Å². The van der Waals surface area contributed by atoms with Gasteiger partial charge in [0.05, 0.1) is 16.1 Å². The lowest BCUT2D eigenvalue weighted by atomic mass is 9.96. The van der Waals surface area contributed by atoms with E-state index in [2.05, 4.69) is 11.0 Å². The Balaban J connectivity index is 1.99. The van der Waals surface area contributed by atoms with Crippen molar-refractivity contribution in [3.63, 3.8) is 0 Å². The van der Waals surface area contributed by atoms with Crippen LogP contribution in [0.25, 0.3) is 0 Å². The van der Waals surface area contributed by atoms with Crippen LogP contribution in [0.1, 0.15) is 43.7 Å². The van der Waals surface area contributed by atoms with Crippen molar-refractivity contribution in [1.29, 1.82) is 0 Å². The summed E-state index contributed by atoms with van der Waals surface area (Å²) in [5.41, 5.74) is 7.55. The molecule has 2 atom stereocenters. The molecule has 0 radical (unpaired) electrons. The van der Waals surface area contributed by atoms with Crippen molar-refractivity contribution in [2.75, 3.05) is 6.54 Å². The van der Waals surface area contributed by atoms with Crippen molar-refractivity contribution < 1.29 is 0 Å². The predicted molar refractivity (Wildman–Crippen MR) is 80.8 cm³/mol. The van der Waals surface area contributed by atoms with Crippen LogP contribution >= 0.6 is 23.2 Å². The minimum absolute atomic E-state index is 0.152. The molecule has 0 amide bonds. The van der Waals surface area contributed by atoms with Gasteiger partial charge >= 0.3 is 0 Å². The van der Waals surface area contributed by atoms with Gasteiger partial charge in [-0.2, -0.15) is 0 Å². The molecule has 3 rings (SSSR count). The van der Waals surface area contributed by atoms with Gasteiger partial charge in [0.2, 0.25) is 0 Å². The summed E-state index contributed by atoms with van der Waals surface area (Å²) >= 11 is 12.6. The van der Waals surface area contributed by atoms with Crippen LogP contribution in [-0.4, -0.2) is 23.5 Å². The average Bonchev–Trinajstić information content (AvgIpc) is 3.20. The molecule has 1 aromatic rings. The Morgan fingerprint density at radius 1 is 1.11 bits per heavy atom. The first-order valence-electron chi connectivity index (χ1n) is 7.13. The maximum Gasteiger partial charge on any atom is 0.0640 e. The monoisotopic (exact) mass is 298 g/mol. The summed E-state index contributed by atoms with van der Waals surface area (Å²) in [4.78, 5) is 2.56. The zero-order valence-corrected chi connectivity index (χ0v) is 12.5. The van der Waals surface area contributed by atoms with E-state index >= 15 is 0 Å². The van der Waals surface area contributed by atoms with E-state index < -0.39 is 0 Å². The van der Waals surface area contributed by atoms with E-state index in [0.29, 0.717) is 16.1 Å². The summed E-state index contributed by atoms with van der Waals surface area (Å²) in [6, 6.07) is 6.98. The fourth-order valence-electron chi connectivity index (χ4n) is 3.19. The first-order valence-corrected chi connectivity index (χ1v) is 7.89. The number of halogens is 2. The van der Waals surface area contributed by atoms with Crippen molar-refractivity contribution in [1.82, 2.24) is 4.90 Å². The number of hydrogen-bond donors (Lipinski definition) is 1. The lowest BCUT2D eigenvalue weighted by Crippen LogP contribution is -2.41. The number of rotatable bonds is 2. The third-order valence-corrected chi connectivity index (χ3v) is 5.12. The number of hydrogen-bond acceptors (Lipinski definition) is 2. The van der Waals surface area contributed by atoms with Gasteiger partial charge in [-0.15, -0.1) is 0 Å². The van der Waals surface area contributed by atoms with Crippen molar-refractivity contribution in [2.24, 2.45) is 5.73 Å². The van der Waals surface area contributed by atoms with E-state index in [9.17, 15) is 0 Å². The lowest BCUT2D eigenvalue weighted by molar-refractivity contribution is 0.176. The van der Waals surface area contributed by atoms with E-state index in [0.717, 1.165) is 18.5 Å². The molecule has 1 saturated carbocycles. The lowest BCUT2D eigenvalue weighted by Gasteiger charge is -2.34. The molecule has 0 aromatic heterocycles. The Morgan fingerprint density at radius 3 is 2.63 bits per heavy atom. The molecule has 2 nitrogen and oxygen atoms in total. The molecule has 0 bridgehead atoms. The van der Waals surface area contributed by atoms with Gasteiger partial charge in [0.1, 0.15) is 0 Å². The molecule has 2 aliphatic rings. The highest BCUT2D eigenvalue weighted by atomic mass is 35.5. The Labute approximate surface area is 124 Å². The largest absolute Gasteiger partial charge is 0.326 e. The van der Waals surface area contributed by atoms with Crippen LogP contribution in [0.3, 0.4) is 0 Å². The number of nitrogens with two attached hydrogens (primary N) is 1. The normalized spacial score (nSPS) is 29.2. The van der Waals surface area contributed by atoms with E-state index in [1.54, 1.807) is 0 Å². The van der Waals surface area contributed by atoms with Crippen molar-refractivity contribution >= 4 is 23.2 Å². The minimum Gasteiger partial charge on any atom is -0.326 e. The fourth-order valence-corrected chi connectivity index (χ4v) is 3.61. The SMILES string of the molecule is NC1CCCCN(C2CC2)C1c1cccc(Cl)c1Cl. The second-order valence-electron chi connectivity index (χ2n) is 5.72. The molecule has 2 unspecified atom stereocenters. The Kier molecular flexibility index (Phi) is 4.04. The van der Waals surface area contributed by atoms with Crippen LogP contribution in [-0.2, 0) is 0 Å². The van der Waals surface area contributed by atoms with E-state index in [4.69, 9.17) is 28.9 Å². The Hall–Kier alpha value is -0.280. The molecule has 1 saturated heterocycles. The van der Waals surface area contributed by atoms with Gasteiger partial charge in [0, 0.05) is 12.1 Å². The standard InChI is InChI=1S/C15H20Cl2N2/c16-12-5-3-4-11(14(12)17)15-13(18)6-1-2-9-19(15)10-7-8-10/h3-5,10,13,15H,1-2,6-9,18H2. The van der Waals surface area contributed by atoms with Crippen molar-refractivity contribution in [3.05, 3.63) is 33.8 Å². The topological polar surface area (TPSA) is 29.3 Å². The van der Waals surface area contributed by atoms with E-state index in [-0.39, 0.29) is 12.1 Å². The molecule has 104 valence electrons. The quantitative estimate of drug-likeness (QED) is 0.894. The highest BCUT2D eigenvalue weighted by Crippen LogP contribution is 2.41. The molecule has 0 spiro atoms. The van der Waals surface area contributed by atoms with Gasteiger partial charge in [-0.25, -0.2) is 0 Å². The van der Waals surface area contributed by atoms with E-state index in [1.165, 1.54) is 25.7 Å². The summed E-state index contributed by atoms with van der Waals surface area (Å²) in [5.74, 6) is 0. The molecule has 2 fully saturated rings. The Bertz CT molecular complexity index is 459. The zero-order valence-electron chi connectivity index (χ0n) is 11.0. The summed E-state index contributed by atoms with van der Waals surface area (Å²) < 4.78 is 0. The van der Waals surface area contributed by atoms with E-state index in [1.807, 2.05) is 12.1 Å². The fraction of sp³-hybridized carbons (Fsp3) is 0.600. The third-order valence-electron chi connectivity index (χ3n) is 4.28. The third kappa shape index (κ3) is 2.78. The molecule has 19 heavy (non-hydrogen) atoms. The van der Waals surface area contributed by atoms with Crippen molar-refractivity contribution in [3.8, 4) is 0 Å². The van der Waals surface area contributed by atoms with Crippen LogP contribution in [0, 0.1) is 0 Å². The first kappa shape index (κ1) is 13.7. The summed E-state index contributed by atoms with van der Waals surface area (Å²) in [5, 5.41) is 1.31. The van der Waals surface area contributed by atoms with Gasteiger partial charge < -0.3 is 5.73 Å². The second-order valence-corrected chi connectivity index (χ2v) is 6.50. The minimum atomic E-state index is 0.152. The van der Waals surface area contributed by atoms with Gasteiger partial charge in [-0.05, 0) is 43.9 Å². The molecule has 1 aromatic carbocycles. The van der Waals surface area contributed by atoms with Crippen LogP contribution in [0.5, 0.6) is 0 Å². The van der Waals surface area contributed by atoms with Gasteiger partial charge in [-0.3, -0.25) is 4.90 Å². The molecule has 1 aliphatic carbocycles. The van der Waals surface area contributed by atoms with Gasteiger partial charge in [-0.1, -0.05) is 41.8 Å². The maximum atomic E-state index is 6.44. The highest BCUT2D eigenvalue weighted by molar-refractivity contribution is 6.42. The molecule has 1 aliphatic heterocycles. The predicted octanol–water partition coefficient (Wildman–Crippen LogP) is 4.01. The molecule has 2 N–H and O–H groups in total. The molecule has 4 heteroatoms. The average molecular weight is 299 g/mol. The first-order chi connectivity index (χ1) is 9.18. The summed E-state index contributed by atoms with van der Waals surface area (Å²) in [6.07, 6.45) is 6.09. The smallest absolute Gasteiger partial charge is 0.0640 e. The molecular formula is C15H20Cl2N2.